The van der Waals surface area contributed by atoms with E-state index < -0.39 is 71.4 Å². The Labute approximate surface area is 220 Å². The van der Waals surface area contributed by atoms with Crippen LogP contribution in [0.3, 0.4) is 0 Å². The van der Waals surface area contributed by atoms with Crippen molar-refractivity contribution in [2.24, 2.45) is 0 Å². The Kier molecular flexibility index (Phi) is 6.47. The molecule has 2 heterocycles. The van der Waals surface area contributed by atoms with Gasteiger partial charge in [-0.3, -0.25) is 9.59 Å². The summed E-state index contributed by atoms with van der Waals surface area (Å²) in [5, 5.41) is 4.65. The number of urea groups is 1. The maximum atomic E-state index is 15.1. The molecule has 2 aromatic rings. The highest BCUT2D eigenvalue weighted by molar-refractivity contribution is 6.06. The number of halogens is 4. The molecule has 3 atom stereocenters. The molecule has 206 valence electrons. The number of anilines is 1. The summed E-state index contributed by atoms with van der Waals surface area (Å²) in [5.74, 6) is -6.68. The number of amides is 5. The van der Waals surface area contributed by atoms with Crippen molar-refractivity contribution in [2.45, 2.75) is 50.3 Å². The van der Waals surface area contributed by atoms with Gasteiger partial charge in [0.2, 0.25) is 11.5 Å². The summed E-state index contributed by atoms with van der Waals surface area (Å²) in [6.07, 6.45) is -0.305. The highest BCUT2D eigenvalue weighted by Gasteiger charge is 2.59. The molecule has 0 radical (unpaired) electrons. The monoisotopic (exact) mass is 548 g/mol. The van der Waals surface area contributed by atoms with Crippen LogP contribution in [-0.4, -0.2) is 53.4 Å². The molecule has 0 bridgehead atoms. The average molecular weight is 548 g/mol. The molecule has 2 saturated heterocycles. The quantitative estimate of drug-likeness (QED) is 0.446. The summed E-state index contributed by atoms with van der Waals surface area (Å²) in [4.78, 5) is 53.2. The zero-order valence-corrected chi connectivity index (χ0v) is 20.9. The normalized spacial score (nSPS) is 23.8. The molecule has 0 unspecified atom stereocenters. The summed E-state index contributed by atoms with van der Waals surface area (Å²) < 4.78 is 61.9. The van der Waals surface area contributed by atoms with E-state index in [-0.39, 0.29) is 35.2 Å². The Hall–Kier alpha value is -4.16. The van der Waals surface area contributed by atoms with Crippen LogP contribution in [0.1, 0.15) is 48.9 Å². The van der Waals surface area contributed by atoms with Crippen molar-refractivity contribution in [2.75, 3.05) is 18.9 Å². The van der Waals surface area contributed by atoms with Gasteiger partial charge in [0.15, 0.2) is 17.5 Å². The molecule has 2 aromatic carbocycles. The molecule has 5 rings (SSSR count). The molecule has 9 nitrogen and oxygen atoms in total. The Morgan fingerprint density at radius 2 is 1.77 bits per heavy atom. The van der Waals surface area contributed by atoms with E-state index >= 15 is 4.39 Å². The molecule has 2 N–H and O–H groups in total. The first-order valence-corrected chi connectivity index (χ1v) is 12.3. The molecule has 5 amide bonds. The first-order chi connectivity index (χ1) is 18.5. The second-order valence-electron chi connectivity index (χ2n) is 9.79. The Bertz CT molecular complexity index is 1400. The van der Waals surface area contributed by atoms with Gasteiger partial charge in [0, 0.05) is 25.1 Å². The van der Waals surface area contributed by atoms with Crippen LogP contribution < -0.4 is 10.6 Å². The summed E-state index contributed by atoms with van der Waals surface area (Å²) in [7, 11) is 1.36. The van der Waals surface area contributed by atoms with Crippen molar-refractivity contribution in [3.63, 3.8) is 0 Å². The first kappa shape index (κ1) is 26.4. The van der Waals surface area contributed by atoms with Crippen molar-refractivity contribution in [1.82, 2.24) is 15.1 Å². The number of hydrogen-bond donors (Lipinski definition) is 2. The standard InChI is InChI=1S/C26H24F4N4O5/c1-12-3-6-19(13-9-16(27)22(30)17(28)10-13)34(12)20(35)11-33-23(36)26(39-25(33)38)8-7-14-15(26)4-5-18(21(14)29)32-24(37)31-2/h4-5,9-10,12,19H,3,6-8,11H2,1-2H3,(H2,31,32,37)/t12-,19-,26-/m0/s1. The SMILES string of the molecule is CNC(=O)Nc1ccc2c(c1F)CC[C@]21OC(=O)N(CC(=O)N2[C@@H](C)CC[C@H]2c2cc(F)c(F)c(F)c2)C1=O. The number of hydrogen-bond acceptors (Lipinski definition) is 5. The summed E-state index contributed by atoms with van der Waals surface area (Å²) >= 11 is 0. The predicted molar refractivity (Wildman–Crippen MR) is 127 cm³/mol. The van der Waals surface area contributed by atoms with Gasteiger partial charge >= 0.3 is 12.1 Å². The minimum atomic E-state index is -1.82. The molecule has 2 aliphatic heterocycles. The number of fused-ring (bicyclic) bond motifs is 2. The molecule has 1 spiro atoms. The van der Waals surface area contributed by atoms with Gasteiger partial charge < -0.3 is 20.3 Å². The van der Waals surface area contributed by atoms with Crippen LogP contribution in [-0.2, 0) is 26.3 Å². The van der Waals surface area contributed by atoms with Gasteiger partial charge in [-0.05, 0) is 55.5 Å². The number of carbonyl (C=O) groups excluding carboxylic acids is 4. The molecule has 39 heavy (non-hydrogen) atoms. The minimum Gasteiger partial charge on any atom is -0.427 e. The Balaban J connectivity index is 1.39. The third-order valence-corrected chi connectivity index (χ3v) is 7.59. The van der Waals surface area contributed by atoms with Crippen LogP contribution in [0.15, 0.2) is 24.3 Å². The van der Waals surface area contributed by atoms with Crippen LogP contribution in [0, 0.1) is 23.3 Å². The maximum absolute atomic E-state index is 15.1. The van der Waals surface area contributed by atoms with Gasteiger partial charge in [-0.1, -0.05) is 6.07 Å². The molecule has 0 saturated carbocycles. The van der Waals surface area contributed by atoms with Crippen molar-refractivity contribution in [3.05, 3.63) is 64.2 Å². The highest BCUT2D eigenvalue weighted by Crippen LogP contribution is 2.47. The number of ether oxygens (including phenoxy) is 1. The van der Waals surface area contributed by atoms with Crippen molar-refractivity contribution in [3.8, 4) is 0 Å². The number of benzene rings is 2. The van der Waals surface area contributed by atoms with Crippen LogP contribution in [0.2, 0.25) is 0 Å². The maximum Gasteiger partial charge on any atom is 0.418 e. The topological polar surface area (TPSA) is 108 Å². The van der Waals surface area contributed by atoms with Crippen molar-refractivity contribution in [1.29, 1.82) is 0 Å². The number of nitrogens with zero attached hydrogens (tertiary/aromatic N) is 2. The first-order valence-electron chi connectivity index (χ1n) is 12.3. The highest BCUT2D eigenvalue weighted by atomic mass is 19.2. The molecule has 0 aromatic heterocycles. The van der Waals surface area contributed by atoms with E-state index in [1.54, 1.807) is 6.92 Å². The van der Waals surface area contributed by atoms with E-state index in [0.717, 1.165) is 12.1 Å². The smallest absolute Gasteiger partial charge is 0.418 e. The second-order valence-corrected chi connectivity index (χ2v) is 9.79. The fraction of sp³-hybridized carbons (Fsp3) is 0.385. The van der Waals surface area contributed by atoms with E-state index in [4.69, 9.17) is 4.74 Å². The summed E-state index contributed by atoms with van der Waals surface area (Å²) in [6.45, 7) is 1.00. The van der Waals surface area contributed by atoms with Gasteiger partial charge in [0.05, 0.1) is 11.7 Å². The zero-order chi connectivity index (χ0) is 28.2. The van der Waals surface area contributed by atoms with Gasteiger partial charge in [-0.25, -0.2) is 32.1 Å². The fourth-order valence-corrected chi connectivity index (χ4v) is 5.69. The Morgan fingerprint density at radius 3 is 2.44 bits per heavy atom. The zero-order valence-electron chi connectivity index (χ0n) is 20.9. The largest absolute Gasteiger partial charge is 0.427 e. The van der Waals surface area contributed by atoms with Crippen LogP contribution in [0.4, 0.5) is 32.8 Å². The van der Waals surface area contributed by atoms with Gasteiger partial charge in [0.1, 0.15) is 12.4 Å². The lowest BCUT2D eigenvalue weighted by molar-refractivity contribution is -0.143. The second kappa shape index (κ2) is 9.54. The number of rotatable bonds is 4. The molecule has 13 heteroatoms. The van der Waals surface area contributed by atoms with E-state index in [1.165, 1.54) is 24.1 Å². The number of carbonyl (C=O) groups is 4. The lowest BCUT2D eigenvalue weighted by atomic mass is 9.94. The van der Waals surface area contributed by atoms with E-state index in [1.807, 2.05) is 0 Å². The Morgan fingerprint density at radius 1 is 1.08 bits per heavy atom. The molecule has 3 aliphatic rings. The van der Waals surface area contributed by atoms with Crippen LogP contribution in [0.5, 0.6) is 0 Å². The number of likely N-dealkylation sites (tertiary alicyclic amines) is 1. The third-order valence-electron chi connectivity index (χ3n) is 7.59. The molecular formula is C26H24F4N4O5. The summed E-state index contributed by atoms with van der Waals surface area (Å²) in [5.41, 5.74) is -1.65. The molecule has 2 fully saturated rings. The predicted octanol–water partition coefficient (Wildman–Crippen LogP) is 3.87. The molecule has 1 aliphatic carbocycles. The van der Waals surface area contributed by atoms with Gasteiger partial charge in [0.25, 0.3) is 5.91 Å². The third kappa shape index (κ3) is 4.16. The number of imide groups is 1. The van der Waals surface area contributed by atoms with E-state index in [0.29, 0.717) is 17.7 Å². The minimum absolute atomic E-state index is 0.0398. The average Bonchev–Trinajstić information content (AvgIpc) is 3.54. The van der Waals surface area contributed by atoms with Crippen LogP contribution in [0.25, 0.3) is 0 Å². The van der Waals surface area contributed by atoms with Crippen molar-refractivity contribution < 1.29 is 41.5 Å². The van der Waals surface area contributed by atoms with E-state index in [9.17, 15) is 32.3 Å². The van der Waals surface area contributed by atoms with Gasteiger partial charge in [-0.15, -0.1) is 0 Å². The lowest BCUT2D eigenvalue weighted by Gasteiger charge is -2.30. The molecular weight excluding hydrogens is 524 g/mol. The summed E-state index contributed by atoms with van der Waals surface area (Å²) in [6, 6.07) is 2.45. The van der Waals surface area contributed by atoms with Crippen molar-refractivity contribution >= 4 is 29.6 Å². The number of nitrogens with one attached hydrogen (secondary N) is 2. The van der Waals surface area contributed by atoms with E-state index in [2.05, 4.69) is 10.6 Å². The van der Waals surface area contributed by atoms with Crippen LogP contribution >= 0.6 is 0 Å². The fourth-order valence-electron chi connectivity index (χ4n) is 5.69. The van der Waals surface area contributed by atoms with Gasteiger partial charge in [-0.2, -0.15) is 0 Å². The lowest BCUT2D eigenvalue weighted by Crippen LogP contribution is -2.46.